The van der Waals surface area contributed by atoms with Crippen molar-refractivity contribution in [2.45, 2.75) is 65.9 Å². The van der Waals surface area contributed by atoms with Gasteiger partial charge >= 0.3 is 5.97 Å². The lowest BCUT2D eigenvalue weighted by Crippen LogP contribution is -2.26. The number of ether oxygens (including phenoxy) is 1. The van der Waals surface area contributed by atoms with Gasteiger partial charge in [0.1, 0.15) is 6.42 Å². The second kappa shape index (κ2) is 6.70. The summed E-state index contributed by atoms with van der Waals surface area (Å²) in [5, 5.41) is 10.4. The van der Waals surface area contributed by atoms with Gasteiger partial charge in [0.05, 0.1) is 0 Å². The molecule has 0 aromatic rings. The molecular formula is C12H24O3. The molecule has 0 atom stereocenters. The molecule has 0 aromatic carbocycles. The summed E-state index contributed by atoms with van der Waals surface area (Å²) in [6, 6.07) is 0. The zero-order chi connectivity index (χ0) is 11.9. The van der Waals surface area contributed by atoms with E-state index in [9.17, 15) is 5.26 Å². The molecule has 0 saturated heterocycles. The van der Waals surface area contributed by atoms with Gasteiger partial charge in [0.25, 0.3) is 0 Å². The Balaban J connectivity index is 3.74. The van der Waals surface area contributed by atoms with E-state index in [1.165, 1.54) is 6.42 Å². The lowest BCUT2D eigenvalue weighted by atomic mass is 10.1. The van der Waals surface area contributed by atoms with Crippen LogP contribution in [0.4, 0.5) is 0 Å². The van der Waals surface area contributed by atoms with E-state index in [1.54, 1.807) is 0 Å². The summed E-state index contributed by atoms with van der Waals surface area (Å²) in [4.78, 5) is 0. The van der Waals surface area contributed by atoms with Crippen molar-refractivity contribution >= 4 is 5.97 Å². The van der Waals surface area contributed by atoms with Crippen molar-refractivity contribution in [1.29, 1.82) is 0 Å². The summed E-state index contributed by atoms with van der Waals surface area (Å²) >= 11 is 0. The van der Waals surface area contributed by atoms with Crippen molar-refractivity contribution < 1.29 is 14.6 Å². The molecule has 3 nitrogen and oxygen atoms in total. The molecule has 0 saturated carbocycles. The van der Waals surface area contributed by atoms with Crippen LogP contribution in [0.1, 0.15) is 60.3 Å². The standard InChI is InChI=1S/C12H24O3/c1-10(2)8-6-7-9-11(15-13)14-12(3,4)5/h10H,6-9H2,1-5H3. The van der Waals surface area contributed by atoms with Crippen molar-refractivity contribution in [3.8, 4) is 0 Å². The smallest absolute Gasteiger partial charge is 0.497 e. The zero-order valence-corrected chi connectivity index (χ0v) is 10.6. The van der Waals surface area contributed by atoms with E-state index >= 15 is 0 Å². The lowest BCUT2D eigenvalue weighted by Gasteiger charge is -2.11. The molecular weight excluding hydrogens is 192 g/mol. The highest BCUT2D eigenvalue weighted by Crippen LogP contribution is 2.12. The van der Waals surface area contributed by atoms with Crippen molar-refractivity contribution in [3.05, 3.63) is 0 Å². The first-order valence-corrected chi connectivity index (χ1v) is 5.70. The molecule has 0 unspecified atom stereocenters. The number of rotatable bonds is 5. The first-order valence-electron chi connectivity index (χ1n) is 5.70. The maximum absolute atomic E-state index is 10.4. The molecule has 15 heavy (non-hydrogen) atoms. The van der Waals surface area contributed by atoms with Gasteiger partial charge in [0.2, 0.25) is 0 Å². The van der Waals surface area contributed by atoms with E-state index in [1.807, 2.05) is 20.8 Å². The third-order valence-electron chi connectivity index (χ3n) is 1.93. The molecule has 0 radical (unpaired) electrons. The van der Waals surface area contributed by atoms with Crippen LogP contribution in [0.3, 0.4) is 0 Å². The minimum atomic E-state index is -0.349. The highest BCUT2D eigenvalue weighted by atomic mass is 17.1. The second-order valence-electron chi connectivity index (χ2n) is 5.31. The van der Waals surface area contributed by atoms with Crippen LogP contribution in [0, 0.1) is 5.92 Å². The Hall–Kier alpha value is -0.730. The quantitative estimate of drug-likeness (QED) is 0.233. The Morgan fingerprint density at radius 3 is 2.27 bits per heavy atom. The van der Waals surface area contributed by atoms with Crippen molar-refractivity contribution in [3.63, 3.8) is 0 Å². The van der Waals surface area contributed by atoms with Gasteiger partial charge in [-0.3, -0.25) is 4.58 Å². The number of hydrogen-bond acceptors (Lipinski definition) is 2. The monoisotopic (exact) mass is 216 g/mol. The van der Waals surface area contributed by atoms with Gasteiger partial charge in [0.15, 0.2) is 5.60 Å². The first-order chi connectivity index (χ1) is 6.85. The summed E-state index contributed by atoms with van der Waals surface area (Å²) in [5.74, 6) is 0.927. The van der Waals surface area contributed by atoms with Crippen LogP contribution in [-0.4, -0.2) is 11.6 Å². The topological polar surface area (TPSA) is 43.6 Å². The van der Waals surface area contributed by atoms with E-state index < -0.39 is 0 Å². The van der Waals surface area contributed by atoms with Crippen LogP contribution in [-0.2, 0) is 9.31 Å². The Labute approximate surface area is 93.1 Å². The molecule has 0 aliphatic carbocycles. The molecule has 0 bridgehead atoms. The average molecular weight is 216 g/mol. The van der Waals surface area contributed by atoms with Gasteiger partial charge < -0.3 is 9.99 Å². The Morgan fingerprint density at radius 2 is 1.87 bits per heavy atom. The third-order valence-corrected chi connectivity index (χ3v) is 1.93. The van der Waals surface area contributed by atoms with Crippen LogP contribution >= 0.6 is 0 Å². The van der Waals surface area contributed by atoms with Crippen LogP contribution in [0.25, 0.3) is 0 Å². The molecule has 0 amide bonds. The van der Waals surface area contributed by atoms with Crippen LogP contribution in [0.2, 0.25) is 0 Å². The Kier molecular flexibility index (Phi) is 6.37. The van der Waals surface area contributed by atoms with Crippen molar-refractivity contribution in [2.75, 3.05) is 0 Å². The van der Waals surface area contributed by atoms with Crippen molar-refractivity contribution in [1.82, 2.24) is 0 Å². The fourth-order valence-electron chi connectivity index (χ4n) is 1.27. The van der Waals surface area contributed by atoms with Gasteiger partial charge in [-0.2, -0.15) is 0 Å². The van der Waals surface area contributed by atoms with E-state index in [0.717, 1.165) is 12.8 Å². The minimum Gasteiger partial charge on any atom is -0.588 e. The van der Waals surface area contributed by atoms with E-state index in [0.29, 0.717) is 12.3 Å². The number of esters is 1. The maximum Gasteiger partial charge on any atom is 0.497 e. The van der Waals surface area contributed by atoms with Crippen LogP contribution < -0.4 is 5.26 Å². The van der Waals surface area contributed by atoms with Gasteiger partial charge in [-0.15, -0.1) is 0 Å². The van der Waals surface area contributed by atoms with Crippen LogP contribution in [0.15, 0.2) is 0 Å². The molecule has 0 rings (SSSR count). The molecule has 0 heterocycles. The molecule has 0 aliphatic heterocycles. The summed E-state index contributed by atoms with van der Waals surface area (Å²) in [6.07, 6.45) is 3.85. The van der Waals surface area contributed by atoms with E-state index in [-0.39, 0.29) is 11.6 Å². The molecule has 0 aromatic heterocycles. The first kappa shape index (κ1) is 14.3. The lowest BCUT2D eigenvalue weighted by molar-refractivity contribution is -1.05. The largest absolute Gasteiger partial charge is 0.588 e. The molecule has 0 fully saturated rings. The summed E-state index contributed by atoms with van der Waals surface area (Å²) in [7, 11) is 0. The zero-order valence-electron chi connectivity index (χ0n) is 10.6. The number of carbonyl (C=O) groups excluding carboxylic acids is 1. The number of hydrogen-bond donors (Lipinski definition) is 0. The second-order valence-corrected chi connectivity index (χ2v) is 5.31. The van der Waals surface area contributed by atoms with Crippen molar-refractivity contribution in [2.24, 2.45) is 5.92 Å². The van der Waals surface area contributed by atoms with Gasteiger partial charge in [0, 0.05) is 20.8 Å². The fourth-order valence-corrected chi connectivity index (χ4v) is 1.27. The van der Waals surface area contributed by atoms with Crippen LogP contribution in [0.5, 0.6) is 0 Å². The predicted octanol–water partition coefficient (Wildman–Crippen LogP) is 2.36. The predicted molar refractivity (Wildman–Crippen MR) is 59.2 cm³/mol. The SMILES string of the molecule is CC(C)CCCCC(OC(C)(C)C)=[O+][O-]. The summed E-state index contributed by atoms with van der Waals surface area (Å²) in [6.45, 7) is 10.1. The van der Waals surface area contributed by atoms with Gasteiger partial charge in [-0.05, 0) is 12.3 Å². The fraction of sp³-hybridized carbons (Fsp3) is 0.917. The molecule has 0 N–H and O–H groups in total. The van der Waals surface area contributed by atoms with Gasteiger partial charge in [-0.25, -0.2) is 0 Å². The molecule has 0 spiro atoms. The van der Waals surface area contributed by atoms with E-state index in [2.05, 4.69) is 18.4 Å². The van der Waals surface area contributed by atoms with E-state index in [4.69, 9.17) is 4.74 Å². The summed E-state index contributed by atoms with van der Waals surface area (Å²) in [5.41, 5.74) is -0.349. The number of unbranched alkanes of at least 4 members (excludes halogenated alkanes) is 1. The highest BCUT2D eigenvalue weighted by Gasteiger charge is 2.25. The maximum atomic E-state index is 10.4. The molecule has 0 aliphatic rings. The van der Waals surface area contributed by atoms with Gasteiger partial charge in [-0.1, -0.05) is 26.7 Å². The normalized spacial score (nSPS) is 13.3. The average Bonchev–Trinajstić information content (AvgIpc) is 2.08. The summed E-state index contributed by atoms with van der Waals surface area (Å²) < 4.78 is 9.35. The Morgan fingerprint density at radius 1 is 1.27 bits per heavy atom. The highest BCUT2D eigenvalue weighted by molar-refractivity contribution is 5.69. The minimum absolute atomic E-state index is 0.214. The third kappa shape index (κ3) is 9.57. The Bertz CT molecular complexity index is 190. The molecule has 3 heteroatoms. The molecule has 90 valence electrons.